The topological polar surface area (TPSA) is 113 Å². The molecule has 1 aromatic carbocycles. The molecule has 2 saturated heterocycles. The second-order valence-electron chi connectivity index (χ2n) is 10.7. The van der Waals surface area contributed by atoms with Crippen LogP contribution in [0.2, 0.25) is 5.02 Å². The number of anilines is 2. The van der Waals surface area contributed by atoms with Crippen molar-refractivity contribution in [1.82, 2.24) is 39.3 Å². The molecule has 1 atom stereocenters. The van der Waals surface area contributed by atoms with Crippen LogP contribution in [0.25, 0.3) is 16.9 Å². The Hall–Kier alpha value is -4.31. The number of nitrogens with zero attached hydrogens (tertiary/aromatic N) is 7. The van der Waals surface area contributed by atoms with Gasteiger partial charge < -0.3 is 20.4 Å². The molecule has 2 aliphatic rings. The first-order chi connectivity index (χ1) is 21.5. The summed E-state index contributed by atoms with van der Waals surface area (Å²) in [7, 11) is 0. The molecule has 3 aromatic heterocycles. The molecule has 2 N–H and O–H groups in total. The summed E-state index contributed by atoms with van der Waals surface area (Å²) >= 11 is 6.50. The molecule has 0 aliphatic carbocycles. The van der Waals surface area contributed by atoms with Gasteiger partial charge in [-0.3, -0.25) is 18.7 Å². The zero-order valence-electron chi connectivity index (χ0n) is 23.6. The Morgan fingerprint density at radius 3 is 2.53 bits per heavy atom. The van der Waals surface area contributed by atoms with Gasteiger partial charge in [0.05, 0.1) is 34.1 Å². The predicted molar refractivity (Wildman–Crippen MR) is 153 cm³/mol. The van der Waals surface area contributed by atoms with Crippen LogP contribution in [0.1, 0.15) is 28.9 Å². The number of nitrogens with one attached hydrogen (secondary N) is 2. The summed E-state index contributed by atoms with van der Waals surface area (Å²) in [5.74, 6) is -0.0440. The molecule has 45 heavy (non-hydrogen) atoms. The van der Waals surface area contributed by atoms with Gasteiger partial charge in [-0.2, -0.15) is 18.3 Å². The van der Waals surface area contributed by atoms with Crippen LogP contribution >= 0.6 is 11.6 Å². The van der Waals surface area contributed by atoms with Gasteiger partial charge in [-0.15, -0.1) is 0 Å². The molecule has 238 valence electrons. The summed E-state index contributed by atoms with van der Waals surface area (Å²) in [6, 6.07) is 4.52. The van der Waals surface area contributed by atoms with Crippen molar-refractivity contribution in [2.45, 2.75) is 38.0 Å². The van der Waals surface area contributed by atoms with Gasteiger partial charge >= 0.3 is 6.18 Å². The minimum atomic E-state index is -4.89. The Morgan fingerprint density at radius 1 is 1.11 bits per heavy atom. The van der Waals surface area contributed by atoms with Crippen LogP contribution in [0.15, 0.2) is 43.0 Å². The van der Waals surface area contributed by atoms with Gasteiger partial charge in [0.25, 0.3) is 12.3 Å². The number of carbonyl (C=O) groups excluding carboxylic acids is 2. The average Bonchev–Trinajstić information content (AvgIpc) is 3.77. The largest absolute Gasteiger partial charge is 0.435 e. The Kier molecular flexibility index (Phi) is 8.35. The van der Waals surface area contributed by atoms with E-state index in [1.165, 1.54) is 29.1 Å². The van der Waals surface area contributed by atoms with E-state index in [2.05, 4.69) is 25.7 Å². The molecule has 17 heteroatoms. The van der Waals surface area contributed by atoms with Gasteiger partial charge in [0.2, 0.25) is 5.91 Å². The Morgan fingerprint density at radius 2 is 1.87 bits per heavy atom. The molecule has 0 bridgehead atoms. The molecule has 2 aliphatic heterocycles. The van der Waals surface area contributed by atoms with E-state index in [9.17, 15) is 31.5 Å². The number of alkyl halides is 5. The Balaban J connectivity index is 1.18. The minimum absolute atomic E-state index is 0.0245. The fourth-order valence-electron chi connectivity index (χ4n) is 5.58. The lowest BCUT2D eigenvalue weighted by Gasteiger charge is -2.36. The van der Waals surface area contributed by atoms with Crippen LogP contribution in [0, 0.1) is 0 Å². The van der Waals surface area contributed by atoms with Crippen molar-refractivity contribution < 1.29 is 31.5 Å². The lowest BCUT2D eigenvalue weighted by molar-refractivity contribution is -0.141. The van der Waals surface area contributed by atoms with Crippen LogP contribution in [-0.4, -0.2) is 91.0 Å². The van der Waals surface area contributed by atoms with Crippen molar-refractivity contribution >= 4 is 40.6 Å². The molecule has 11 nitrogen and oxygen atoms in total. The number of aromatic nitrogens is 5. The maximum atomic E-state index is 13.7. The highest BCUT2D eigenvalue weighted by atomic mass is 35.5. The molecule has 5 heterocycles. The molecule has 0 spiro atoms. The van der Waals surface area contributed by atoms with Crippen molar-refractivity contribution in [2.24, 2.45) is 0 Å². The summed E-state index contributed by atoms with van der Waals surface area (Å²) in [6.45, 7) is 1.44. The number of rotatable bonds is 7. The Bertz CT molecular complexity index is 1730. The standard InChI is InChI=1S/C28H27ClF5N9O2/c29-19-12-16(3-4-17(19)26(44)40-8-10-41(11-9-40)27(45)20-2-1-5-35-20)38-24-25-37-13-21(43(25)7-6-36-24)18-14-42(15-22(30)31)39-23(18)28(32,33)34/h3-4,6-7,12-14,20,22,35H,1-2,5,8-11,15H2,(H,36,38)/t20-/m0/s1. The maximum absolute atomic E-state index is 13.7. The van der Waals surface area contributed by atoms with Crippen molar-refractivity contribution in [3.05, 3.63) is 59.3 Å². The zero-order valence-corrected chi connectivity index (χ0v) is 24.3. The first-order valence-corrected chi connectivity index (χ1v) is 14.5. The summed E-state index contributed by atoms with van der Waals surface area (Å²) in [5.41, 5.74) is -0.903. The minimum Gasteiger partial charge on any atom is -0.338 e. The van der Waals surface area contributed by atoms with Gasteiger partial charge in [0.15, 0.2) is 17.2 Å². The molecule has 2 amide bonds. The second-order valence-corrected chi connectivity index (χ2v) is 11.1. The number of amides is 2. The molecule has 6 rings (SSSR count). The SMILES string of the molecule is O=C(c1ccc(Nc2nccn3c(-c4cn(CC(F)F)nc4C(F)(F)F)cnc23)cc1Cl)N1CCN(C(=O)[C@@H]2CCCN2)CC1. The third-order valence-corrected chi connectivity index (χ3v) is 8.07. The average molecular weight is 652 g/mol. The summed E-state index contributed by atoms with van der Waals surface area (Å²) < 4.78 is 68.8. The third-order valence-electron chi connectivity index (χ3n) is 7.76. The van der Waals surface area contributed by atoms with Crippen molar-refractivity contribution in [2.75, 3.05) is 38.0 Å². The monoisotopic (exact) mass is 651 g/mol. The number of hydrogen-bond acceptors (Lipinski definition) is 7. The van der Waals surface area contributed by atoms with Gasteiger partial charge in [-0.25, -0.2) is 18.7 Å². The lowest BCUT2D eigenvalue weighted by Crippen LogP contribution is -2.54. The highest BCUT2D eigenvalue weighted by Crippen LogP contribution is 2.37. The number of benzene rings is 1. The van der Waals surface area contributed by atoms with Crippen LogP contribution in [0.5, 0.6) is 0 Å². The maximum Gasteiger partial charge on any atom is 0.435 e. The van der Waals surface area contributed by atoms with Gasteiger partial charge in [0, 0.05) is 50.5 Å². The van der Waals surface area contributed by atoms with E-state index in [1.807, 2.05) is 0 Å². The molecule has 0 unspecified atom stereocenters. The quantitative estimate of drug-likeness (QED) is 0.287. The molecule has 4 aromatic rings. The number of fused-ring (bicyclic) bond motifs is 1. The van der Waals surface area contributed by atoms with E-state index in [-0.39, 0.29) is 45.6 Å². The predicted octanol–water partition coefficient (Wildman–Crippen LogP) is 4.31. The first-order valence-electron chi connectivity index (χ1n) is 14.1. The van der Waals surface area contributed by atoms with Gasteiger partial charge in [-0.05, 0) is 37.6 Å². The number of piperazine rings is 1. The number of carbonyl (C=O) groups is 2. The van der Waals surface area contributed by atoms with E-state index in [0.29, 0.717) is 36.5 Å². The van der Waals surface area contributed by atoms with E-state index in [4.69, 9.17) is 11.6 Å². The first kappa shape index (κ1) is 30.7. The second kappa shape index (κ2) is 12.2. The van der Waals surface area contributed by atoms with Crippen molar-refractivity contribution in [1.29, 1.82) is 0 Å². The van der Waals surface area contributed by atoms with E-state index >= 15 is 0 Å². The van der Waals surface area contributed by atoms with Crippen molar-refractivity contribution in [3.8, 4) is 11.3 Å². The van der Waals surface area contributed by atoms with Crippen LogP contribution in [0.4, 0.5) is 33.5 Å². The molecular formula is C28H27ClF5N9O2. The zero-order chi connectivity index (χ0) is 31.9. The molecule has 2 fully saturated rings. The normalized spacial score (nSPS) is 17.4. The van der Waals surface area contributed by atoms with Crippen molar-refractivity contribution in [3.63, 3.8) is 0 Å². The number of imidazole rings is 1. The lowest BCUT2D eigenvalue weighted by atomic mass is 10.1. The fourth-order valence-corrected chi connectivity index (χ4v) is 5.84. The summed E-state index contributed by atoms with van der Waals surface area (Å²) in [6.07, 6.45) is -1.20. The third kappa shape index (κ3) is 6.29. The Labute approximate surface area is 258 Å². The van der Waals surface area contributed by atoms with Crippen LogP contribution in [0.3, 0.4) is 0 Å². The van der Waals surface area contributed by atoms with E-state index < -0.39 is 30.4 Å². The highest BCUT2D eigenvalue weighted by molar-refractivity contribution is 6.34. The fraction of sp³-hybridized carbons (Fsp3) is 0.393. The molecule has 0 saturated carbocycles. The summed E-state index contributed by atoms with van der Waals surface area (Å²) in [5, 5.41) is 9.73. The van der Waals surface area contributed by atoms with E-state index in [0.717, 1.165) is 25.6 Å². The number of halogens is 6. The smallest absolute Gasteiger partial charge is 0.338 e. The van der Waals surface area contributed by atoms with Gasteiger partial charge in [0.1, 0.15) is 6.54 Å². The van der Waals surface area contributed by atoms with Crippen LogP contribution < -0.4 is 10.6 Å². The van der Waals surface area contributed by atoms with Crippen LogP contribution in [-0.2, 0) is 17.5 Å². The van der Waals surface area contributed by atoms with Gasteiger partial charge in [-0.1, -0.05) is 11.6 Å². The highest BCUT2D eigenvalue weighted by Gasteiger charge is 2.39. The molecular weight excluding hydrogens is 625 g/mol. The summed E-state index contributed by atoms with van der Waals surface area (Å²) in [4.78, 5) is 37.8. The molecule has 0 radical (unpaired) electrons. The van der Waals surface area contributed by atoms with E-state index in [1.54, 1.807) is 21.9 Å². The number of hydrogen-bond donors (Lipinski definition) is 2.